The number of hydrogen-bond donors (Lipinski definition) is 1. The van der Waals surface area contributed by atoms with E-state index in [9.17, 15) is 13.2 Å². The van der Waals surface area contributed by atoms with Crippen LogP contribution in [-0.4, -0.2) is 35.6 Å². The summed E-state index contributed by atoms with van der Waals surface area (Å²) in [5.41, 5.74) is 4.26. The summed E-state index contributed by atoms with van der Waals surface area (Å²) < 4.78 is 26.2. The summed E-state index contributed by atoms with van der Waals surface area (Å²) in [6.45, 7) is 5.70. The van der Waals surface area contributed by atoms with Gasteiger partial charge in [-0.2, -0.15) is 5.10 Å². The molecule has 8 heteroatoms. The Bertz CT molecular complexity index is 966. The second-order valence-electron chi connectivity index (χ2n) is 6.83. The molecule has 1 aromatic carbocycles. The minimum Gasteiger partial charge on any atom is -0.326 e. The van der Waals surface area contributed by atoms with E-state index in [4.69, 9.17) is 0 Å². The Morgan fingerprint density at radius 1 is 1.35 bits per heavy atom. The molecule has 1 unspecified atom stereocenters. The van der Waals surface area contributed by atoms with Crippen molar-refractivity contribution in [3.8, 4) is 0 Å². The van der Waals surface area contributed by atoms with Crippen LogP contribution in [0.2, 0.25) is 0 Å². The van der Waals surface area contributed by atoms with Gasteiger partial charge in [0.05, 0.1) is 29.7 Å². The fourth-order valence-corrected chi connectivity index (χ4v) is 5.57. The fourth-order valence-electron chi connectivity index (χ4n) is 3.40. The van der Waals surface area contributed by atoms with Crippen molar-refractivity contribution in [1.82, 2.24) is 9.78 Å². The second-order valence-corrected chi connectivity index (χ2v) is 9.98. The van der Waals surface area contributed by atoms with E-state index in [1.807, 2.05) is 39.0 Å². The highest BCUT2D eigenvalue weighted by Gasteiger charge is 2.31. The van der Waals surface area contributed by atoms with Crippen molar-refractivity contribution < 1.29 is 13.2 Å². The number of halogens is 1. The summed E-state index contributed by atoms with van der Waals surface area (Å²) in [6, 6.07) is 5.57. The SMILES string of the molecule is Cc1cc(Br)ccc1NC(=O)Cc1c(C)nn(C2CCS(=O)(=O)C2)c1C. The van der Waals surface area contributed by atoms with Crippen molar-refractivity contribution in [2.24, 2.45) is 0 Å². The van der Waals surface area contributed by atoms with Crippen LogP contribution in [0.15, 0.2) is 22.7 Å². The predicted octanol–water partition coefficient (Wildman–Crippen LogP) is 3.11. The molecule has 1 N–H and O–H groups in total. The Labute approximate surface area is 162 Å². The third kappa shape index (κ3) is 4.01. The molecule has 1 amide bonds. The van der Waals surface area contributed by atoms with Gasteiger partial charge in [-0.25, -0.2) is 8.42 Å². The highest BCUT2D eigenvalue weighted by atomic mass is 79.9. The molecule has 0 aliphatic carbocycles. The average Bonchev–Trinajstić information content (AvgIpc) is 3.04. The summed E-state index contributed by atoms with van der Waals surface area (Å²) >= 11 is 3.41. The molecule has 1 atom stereocenters. The van der Waals surface area contributed by atoms with Crippen LogP contribution in [0, 0.1) is 20.8 Å². The van der Waals surface area contributed by atoms with Crippen molar-refractivity contribution in [3.05, 3.63) is 45.2 Å². The van der Waals surface area contributed by atoms with Gasteiger partial charge in [0.25, 0.3) is 0 Å². The number of hydrogen-bond acceptors (Lipinski definition) is 4. The number of amides is 1. The summed E-state index contributed by atoms with van der Waals surface area (Å²) in [4.78, 5) is 12.5. The first kappa shape index (κ1) is 19.1. The van der Waals surface area contributed by atoms with Gasteiger partial charge in [-0.05, 0) is 51.0 Å². The standard InChI is InChI=1S/C18H22BrN3O3S/c1-11-8-14(19)4-5-17(11)20-18(23)9-16-12(2)21-22(13(16)3)15-6-7-26(24,25)10-15/h4-5,8,15H,6-7,9-10H2,1-3H3,(H,20,23). The van der Waals surface area contributed by atoms with Crippen molar-refractivity contribution in [2.45, 2.75) is 39.7 Å². The van der Waals surface area contributed by atoms with Gasteiger partial charge < -0.3 is 5.32 Å². The van der Waals surface area contributed by atoms with E-state index in [2.05, 4.69) is 26.3 Å². The third-order valence-electron chi connectivity index (χ3n) is 4.83. The third-order valence-corrected chi connectivity index (χ3v) is 7.07. The van der Waals surface area contributed by atoms with Crippen molar-refractivity contribution in [1.29, 1.82) is 0 Å². The van der Waals surface area contributed by atoms with Crippen molar-refractivity contribution in [2.75, 3.05) is 16.8 Å². The van der Waals surface area contributed by atoms with Crippen LogP contribution in [0.25, 0.3) is 0 Å². The molecular formula is C18H22BrN3O3S. The maximum atomic E-state index is 12.5. The van der Waals surface area contributed by atoms with E-state index in [1.54, 1.807) is 4.68 Å². The van der Waals surface area contributed by atoms with Gasteiger partial charge in [-0.1, -0.05) is 15.9 Å². The second kappa shape index (κ2) is 7.15. The molecule has 2 heterocycles. The molecule has 2 aromatic rings. The molecule has 6 nitrogen and oxygen atoms in total. The van der Waals surface area contributed by atoms with Crippen molar-refractivity contribution >= 4 is 37.4 Å². The lowest BCUT2D eigenvalue weighted by molar-refractivity contribution is -0.115. The van der Waals surface area contributed by atoms with Gasteiger partial charge >= 0.3 is 0 Å². The largest absolute Gasteiger partial charge is 0.326 e. The first-order chi connectivity index (χ1) is 12.2. The summed E-state index contributed by atoms with van der Waals surface area (Å²) in [7, 11) is -2.98. The number of carbonyl (C=O) groups excluding carboxylic acids is 1. The highest BCUT2D eigenvalue weighted by Crippen LogP contribution is 2.27. The topological polar surface area (TPSA) is 81.1 Å². The number of anilines is 1. The minimum absolute atomic E-state index is 0.111. The van der Waals surface area contributed by atoms with Gasteiger partial charge in [0.1, 0.15) is 0 Å². The smallest absolute Gasteiger partial charge is 0.228 e. The van der Waals surface area contributed by atoms with E-state index in [0.717, 1.165) is 32.7 Å². The summed E-state index contributed by atoms with van der Waals surface area (Å²) in [5, 5.41) is 7.45. The van der Waals surface area contributed by atoms with Crippen LogP contribution < -0.4 is 5.32 Å². The van der Waals surface area contributed by atoms with E-state index in [1.165, 1.54) is 0 Å². The molecule has 1 aliphatic rings. The Hall–Kier alpha value is -1.67. The lowest BCUT2D eigenvalue weighted by Crippen LogP contribution is -2.17. The van der Waals surface area contributed by atoms with Gasteiger partial charge in [-0.3, -0.25) is 9.48 Å². The Balaban J connectivity index is 1.76. The molecule has 1 aliphatic heterocycles. The van der Waals surface area contributed by atoms with Gasteiger partial charge in [0, 0.05) is 21.4 Å². The van der Waals surface area contributed by atoms with Gasteiger partial charge in [-0.15, -0.1) is 0 Å². The van der Waals surface area contributed by atoms with Crippen molar-refractivity contribution in [3.63, 3.8) is 0 Å². The number of benzene rings is 1. The van der Waals surface area contributed by atoms with Crippen LogP contribution in [0.5, 0.6) is 0 Å². The van der Waals surface area contributed by atoms with Gasteiger partial charge in [0.15, 0.2) is 9.84 Å². The van der Waals surface area contributed by atoms with Crippen LogP contribution in [-0.2, 0) is 21.1 Å². The molecule has 26 heavy (non-hydrogen) atoms. The maximum Gasteiger partial charge on any atom is 0.228 e. The summed E-state index contributed by atoms with van der Waals surface area (Å²) in [6.07, 6.45) is 0.792. The number of aryl methyl sites for hydroxylation is 2. The molecule has 140 valence electrons. The maximum absolute atomic E-state index is 12.5. The number of nitrogens with zero attached hydrogens (tertiary/aromatic N) is 2. The van der Waals surface area contributed by atoms with Crippen LogP contribution in [0.3, 0.4) is 0 Å². The Kier molecular flexibility index (Phi) is 5.25. The molecule has 3 rings (SSSR count). The highest BCUT2D eigenvalue weighted by molar-refractivity contribution is 9.10. The number of rotatable bonds is 4. The van der Waals surface area contributed by atoms with E-state index >= 15 is 0 Å². The molecule has 1 fully saturated rings. The molecule has 0 radical (unpaired) electrons. The molecule has 0 saturated carbocycles. The normalized spacial score (nSPS) is 18.8. The van der Waals surface area contributed by atoms with E-state index < -0.39 is 9.84 Å². The van der Waals surface area contributed by atoms with E-state index in [-0.39, 0.29) is 29.9 Å². The first-order valence-electron chi connectivity index (χ1n) is 8.47. The lowest BCUT2D eigenvalue weighted by atomic mass is 10.1. The number of carbonyl (C=O) groups is 1. The van der Waals surface area contributed by atoms with Crippen LogP contribution in [0.1, 0.15) is 35.0 Å². The zero-order valence-electron chi connectivity index (χ0n) is 15.0. The molecule has 0 bridgehead atoms. The quantitative estimate of drug-likeness (QED) is 0.793. The first-order valence-corrected chi connectivity index (χ1v) is 11.1. The monoisotopic (exact) mass is 439 g/mol. The Morgan fingerprint density at radius 2 is 2.08 bits per heavy atom. The molecule has 0 spiro atoms. The average molecular weight is 440 g/mol. The fraction of sp³-hybridized carbons (Fsp3) is 0.444. The zero-order valence-corrected chi connectivity index (χ0v) is 17.4. The number of nitrogens with one attached hydrogen (secondary N) is 1. The van der Waals surface area contributed by atoms with Crippen LogP contribution >= 0.6 is 15.9 Å². The van der Waals surface area contributed by atoms with Gasteiger partial charge in [0.2, 0.25) is 5.91 Å². The number of aromatic nitrogens is 2. The van der Waals surface area contributed by atoms with Crippen LogP contribution in [0.4, 0.5) is 5.69 Å². The lowest BCUT2D eigenvalue weighted by Gasteiger charge is -2.12. The molecular weight excluding hydrogens is 418 g/mol. The summed E-state index contributed by atoms with van der Waals surface area (Å²) in [5.74, 6) is 0.216. The predicted molar refractivity (Wildman–Crippen MR) is 105 cm³/mol. The number of sulfone groups is 1. The zero-order chi connectivity index (χ0) is 19.1. The molecule has 1 saturated heterocycles. The molecule has 1 aromatic heterocycles. The Morgan fingerprint density at radius 3 is 2.69 bits per heavy atom. The minimum atomic E-state index is -2.98. The van der Waals surface area contributed by atoms with E-state index in [0.29, 0.717) is 6.42 Å².